The fourth-order valence-corrected chi connectivity index (χ4v) is 5.30. The molecule has 186 valence electrons. The number of nitrogens with one attached hydrogen (secondary N) is 1. The van der Waals surface area contributed by atoms with Gasteiger partial charge in [-0.1, -0.05) is 83.3 Å². The summed E-state index contributed by atoms with van der Waals surface area (Å²) in [5.74, 6) is 0.608. The summed E-state index contributed by atoms with van der Waals surface area (Å²) in [4.78, 5) is 17.4. The Labute approximate surface area is 233 Å². The molecule has 1 heterocycles. The zero-order valence-corrected chi connectivity index (χ0v) is 22.5. The predicted molar refractivity (Wildman–Crippen MR) is 154 cm³/mol. The summed E-state index contributed by atoms with van der Waals surface area (Å²) in [6, 6.07) is 22.8. The van der Waals surface area contributed by atoms with Crippen LogP contribution >= 0.6 is 46.6 Å². The molecule has 0 atom stereocenters. The van der Waals surface area contributed by atoms with Crippen molar-refractivity contribution >= 4 is 80.2 Å². The van der Waals surface area contributed by atoms with Gasteiger partial charge in [-0.3, -0.25) is 4.79 Å². The van der Waals surface area contributed by atoms with E-state index in [-0.39, 0.29) is 5.91 Å². The number of nitrogens with zero attached hydrogens (tertiary/aromatic N) is 1. The normalized spacial score (nSPS) is 15.4. The average molecular weight is 570 g/mol. The first-order chi connectivity index (χ1) is 17.9. The fourth-order valence-electron chi connectivity index (χ4n) is 3.85. The van der Waals surface area contributed by atoms with Gasteiger partial charge in [0.05, 0.1) is 32.8 Å². The van der Waals surface area contributed by atoms with E-state index in [9.17, 15) is 4.79 Å². The van der Waals surface area contributed by atoms with Crippen LogP contribution in [0.1, 0.15) is 11.1 Å². The van der Waals surface area contributed by atoms with Crippen LogP contribution in [-0.2, 0) is 11.4 Å². The lowest BCUT2D eigenvalue weighted by Crippen LogP contribution is -2.19. The minimum atomic E-state index is -0.284. The van der Waals surface area contributed by atoms with Crippen molar-refractivity contribution in [1.82, 2.24) is 5.32 Å². The van der Waals surface area contributed by atoms with Gasteiger partial charge in [-0.05, 0) is 64.0 Å². The number of halogens is 3. The third-order valence-electron chi connectivity index (χ3n) is 5.61. The summed E-state index contributed by atoms with van der Waals surface area (Å²) >= 11 is 20.1. The van der Waals surface area contributed by atoms with Crippen molar-refractivity contribution < 1.29 is 14.3 Å². The van der Waals surface area contributed by atoms with E-state index < -0.39 is 0 Å². The van der Waals surface area contributed by atoms with E-state index in [4.69, 9.17) is 44.3 Å². The summed E-state index contributed by atoms with van der Waals surface area (Å²) < 4.78 is 11.7. The van der Waals surface area contributed by atoms with Crippen molar-refractivity contribution in [2.24, 2.45) is 4.99 Å². The molecule has 1 amide bonds. The van der Waals surface area contributed by atoms with Crippen LogP contribution in [0, 0.1) is 0 Å². The van der Waals surface area contributed by atoms with Crippen LogP contribution in [0.25, 0.3) is 16.8 Å². The first-order valence-corrected chi connectivity index (χ1v) is 13.1. The number of benzene rings is 4. The number of ether oxygens (including phenoxy) is 2. The lowest BCUT2D eigenvalue weighted by Gasteiger charge is -2.14. The molecule has 5 rings (SSSR count). The number of hydrogen-bond donors (Lipinski definition) is 1. The molecule has 1 aliphatic heterocycles. The highest BCUT2D eigenvalue weighted by Gasteiger charge is 2.25. The summed E-state index contributed by atoms with van der Waals surface area (Å²) in [5.41, 5.74) is 2.18. The minimum absolute atomic E-state index is 0.284. The van der Waals surface area contributed by atoms with E-state index in [2.05, 4.69) is 28.5 Å². The molecule has 4 aromatic rings. The van der Waals surface area contributed by atoms with Gasteiger partial charge in [0.25, 0.3) is 5.91 Å². The predicted octanol–water partition coefficient (Wildman–Crippen LogP) is 8.28. The van der Waals surface area contributed by atoms with Crippen LogP contribution in [0.5, 0.6) is 11.5 Å². The van der Waals surface area contributed by atoms with Crippen LogP contribution in [0.3, 0.4) is 0 Å². The zero-order chi connectivity index (χ0) is 25.9. The molecular weight excluding hydrogens is 551 g/mol. The molecular formula is C28H19Cl3N2O3S. The first kappa shape index (κ1) is 25.5. The van der Waals surface area contributed by atoms with Gasteiger partial charge in [0.15, 0.2) is 16.7 Å². The monoisotopic (exact) mass is 568 g/mol. The van der Waals surface area contributed by atoms with Crippen molar-refractivity contribution in [2.75, 3.05) is 7.11 Å². The third-order valence-corrected chi connectivity index (χ3v) is 7.61. The quantitative estimate of drug-likeness (QED) is 0.237. The summed E-state index contributed by atoms with van der Waals surface area (Å²) in [6.45, 7) is 0.321. The van der Waals surface area contributed by atoms with Crippen LogP contribution in [0.4, 0.5) is 5.69 Å². The van der Waals surface area contributed by atoms with Gasteiger partial charge in [-0.25, -0.2) is 4.99 Å². The number of rotatable bonds is 6. The molecule has 0 unspecified atom stereocenters. The number of carbonyl (C=O) groups excluding carboxylic acids is 1. The molecule has 5 nitrogen and oxygen atoms in total. The van der Waals surface area contributed by atoms with Gasteiger partial charge >= 0.3 is 0 Å². The van der Waals surface area contributed by atoms with Gasteiger partial charge in [0, 0.05) is 0 Å². The molecule has 1 aliphatic rings. The van der Waals surface area contributed by atoms with E-state index in [0.29, 0.717) is 54.5 Å². The molecule has 0 bridgehead atoms. The van der Waals surface area contributed by atoms with Gasteiger partial charge in [0.1, 0.15) is 6.61 Å². The van der Waals surface area contributed by atoms with Crippen molar-refractivity contribution in [2.45, 2.75) is 6.61 Å². The number of carbonyl (C=O) groups is 1. The van der Waals surface area contributed by atoms with E-state index in [1.807, 2.05) is 24.3 Å². The van der Waals surface area contributed by atoms with Crippen LogP contribution in [-0.4, -0.2) is 18.2 Å². The van der Waals surface area contributed by atoms with Crippen molar-refractivity contribution in [3.05, 3.63) is 104 Å². The Balaban J connectivity index is 1.38. The van der Waals surface area contributed by atoms with E-state index in [1.165, 1.54) is 11.8 Å². The Morgan fingerprint density at radius 2 is 1.76 bits per heavy atom. The van der Waals surface area contributed by atoms with Crippen LogP contribution in [0.2, 0.25) is 15.1 Å². The smallest absolute Gasteiger partial charge is 0.264 e. The van der Waals surface area contributed by atoms with Gasteiger partial charge in [0.2, 0.25) is 0 Å². The molecule has 9 heteroatoms. The standard InChI is InChI=1S/C28H19Cl3N2O3S/c1-35-23-13-16(14-24-27(34)33-28(37-24)32-22-11-5-10-20(29)25(22)31)12-21(30)26(23)36-15-18-8-4-7-17-6-2-3-9-19(17)18/h2-14H,15H2,1H3,(H,32,33,34)/b24-14+. The second-order valence-electron chi connectivity index (χ2n) is 8.02. The summed E-state index contributed by atoms with van der Waals surface area (Å²) in [5, 5.41) is 6.46. The fraction of sp³-hybridized carbons (Fsp3) is 0.0714. The Bertz CT molecular complexity index is 1580. The number of amides is 1. The number of methoxy groups -OCH3 is 1. The maximum absolute atomic E-state index is 12.6. The molecule has 1 saturated heterocycles. The Morgan fingerprint density at radius 3 is 2.59 bits per heavy atom. The van der Waals surface area contributed by atoms with E-state index in [0.717, 1.165) is 16.3 Å². The van der Waals surface area contributed by atoms with Crippen molar-refractivity contribution in [3.63, 3.8) is 0 Å². The highest BCUT2D eigenvalue weighted by Crippen LogP contribution is 2.39. The van der Waals surface area contributed by atoms with Gasteiger partial charge < -0.3 is 14.8 Å². The molecule has 0 saturated carbocycles. The lowest BCUT2D eigenvalue weighted by molar-refractivity contribution is -0.115. The number of amidine groups is 1. The van der Waals surface area contributed by atoms with E-state index in [1.54, 1.807) is 43.5 Å². The largest absolute Gasteiger partial charge is 0.493 e. The SMILES string of the molecule is COc1cc(/C=C2/SC(=Nc3cccc(Cl)c3Cl)NC2=O)cc(Cl)c1OCc1cccc2ccccc12. The number of thioether (sulfide) groups is 1. The third kappa shape index (κ3) is 5.58. The highest BCUT2D eigenvalue weighted by molar-refractivity contribution is 8.18. The zero-order valence-electron chi connectivity index (χ0n) is 19.4. The summed E-state index contributed by atoms with van der Waals surface area (Å²) in [6.07, 6.45) is 1.71. The number of fused-ring (bicyclic) bond motifs is 1. The molecule has 1 fully saturated rings. The van der Waals surface area contributed by atoms with Crippen LogP contribution < -0.4 is 14.8 Å². The van der Waals surface area contributed by atoms with Crippen molar-refractivity contribution in [3.8, 4) is 11.5 Å². The molecule has 4 aromatic carbocycles. The topological polar surface area (TPSA) is 59.9 Å². The average Bonchev–Trinajstić information content (AvgIpc) is 3.24. The van der Waals surface area contributed by atoms with Gasteiger partial charge in [-0.2, -0.15) is 0 Å². The molecule has 0 aromatic heterocycles. The minimum Gasteiger partial charge on any atom is -0.493 e. The van der Waals surface area contributed by atoms with Gasteiger partial charge in [-0.15, -0.1) is 0 Å². The number of hydrogen-bond acceptors (Lipinski definition) is 5. The Morgan fingerprint density at radius 1 is 0.973 bits per heavy atom. The second kappa shape index (κ2) is 11.1. The van der Waals surface area contributed by atoms with E-state index >= 15 is 0 Å². The van der Waals surface area contributed by atoms with Crippen LogP contribution in [0.15, 0.2) is 82.7 Å². The molecule has 0 aliphatic carbocycles. The lowest BCUT2D eigenvalue weighted by atomic mass is 10.1. The Kier molecular flexibility index (Phi) is 7.63. The summed E-state index contributed by atoms with van der Waals surface area (Å²) in [7, 11) is 1.55. The second-order valence-corrected chi connectivity index (χ2v) is 10.2. The van der Waals surface area contributed by atoms with Crippen molar-refractivity contribution in [1.29, 1.82) is 0 Å². The Hall–Kier alpha value is -3.16. The highest BCUT2D eigenvalue weighted by atomic mass is 35.5. The molecule has 0 spiro atoms. The first-order valence-electron chi connectivity index (χ1n) is 11.1. The molecule has 1 N–H and O–H groups in total. The maximum atomic E-state index is 12.6. The molecule has 0 radical (unpaired) electrons. The maximum Gasteiger partial charge on any atom is 0.264 e. The molecule has 37 heavy (non-hydrogen) atoms. The number of aliphatic imine (C=N–C) groups is 1.